The van der Waals surface area contributed by atoms with Gasteiger partial charge in [0.1, 0.15) is 5.82 Å². The summed E-state index contributed by atoms with van der Waals surface area (Å²) in [6, 6.07) is 22.5. The molecule has 1 fully saturated rings. The van der Waals surface area contributed by atoms with Gasteiger partial charge in [0.15, 0.2) is 5.11 Å². The van der Waals surface area contributed by atoms with Crippen LogP contribution in [0.25, 0.3) is 5.69 Å². The molecule has 3 heterocycles. The number of anilines is 1. The summed E-state index contributed by atoms with van der Waals surface area (Å²) in [4.78, 5) is 6.48. The molecule has 2 unspecified atom stereocenters. The van der Waals surface area contributed by atoms with Crippen molar-refractivity contribution < 1.29 is 4.39 Å². The zero-order valence-electron chi connectivity index (χ0n) is 18.2. The van der Waals surface area contributed by atoms with E-state index in [0.717, 1.165) is 32.8 Å². The maximum absolute atomic E-state index is 15.0. The fourth-order valence-electron chi connectivity index (χ4n) is 4.65. The van der Waals surface area contributed by atoms with E-state index < -0.39 is 0 Å². The summed E-state index contributed by atoms with van der Waals surface area (Å²) in [6.45, 7) is 4.18. The molecule has 1 saturated heterocycles. The van der Waals surface area contributed by atoms with E-state index in [4.69, 9.17) is 12.2 Å². The lowest BCUT2D eigenvalue weighted by molar-refractivity contribution is 0.556. The maximum atomic E-state index is 15.0. The lowest BCUT2D eigenvalue weighted by Crippen LogP contribution is -2.30. The molecule has 2 aromatic heterocycles. The van der Waals surface area contributed by atoms with Crippen molar-refractivity contribution in [1.29, 1.82) is 0 Å². The molecule has 0 bridgehead atoms. The van der Waals surface area contributed by atoms with E-state index in [-0.39, 0.29) is 17.9 Å². The van der Waals surface area contributed by atoms with Crippen molar-refractivity contribution in [3.05, 3.63) is 112 Å². The largest absolute Gasteiger partial charge is 0.351 e. The van der Waals surface area contributed by atoms with E-state index in [1.54, 1.807) is 18.3 Å². The standard InChI is InChI=1S/C26H22BrFN4S/c1-16-15-20(17(2)31(16)19-12-10-18(27)11-13-19)25-24(22-8-5-6-14-29-22)30-26(33)32(25)23-9-4-3-7-21(23)28/h3-15,24-25H,1-2H3,(H,30,33). The Morgan fingerprint density at radius 1 is 1.00 bits per heavy atom. The third-order valence-electron chi connectivity index (χ3n) is 6.08. The Labute approximate surface area is 206 Å². The monoisotopic (exact) mass is 520 g/mol. The molecule has 0 radical (unpaired) electrons. The highest BCUT2D eigenvalue weighted by molar-refractivity contribution is 9.10. The van der Waals surface area contributed by atoms with Crippen molar-refractivity contribution in [3.63, 3.8) is 0 Å². The second-order valence-electron chi connectivity index (χ2n) is 8.09. The normalized spacial score (nSPS) is 17.9. The number of pyridine rings is 1. The van der Waals surface area contributed by atoms with Crippen LogP contribution in [0.2, 0.25) is 0 Å². The molecule has 0 amide bonds. The molecule has 2 aromatic carbocycles. The number of nitrogens with one attached hydrogen (secondary N) is 1. The molecular weight excluding hydrogens is 499 g/mol. The Morgan fingerprint density at radius 2 is 1.73 bits per heavy atom. The van der Waals surface area contributed by atoms with E-state index in [0.29, 0.717) is 10.8 Å². The van der Waals surface area contributed by atoms with Crippen LogP contribution in [0.4, 0.5) is 10.1 Å². The van der Waals surface area contributed by atoms with Gasteiger partial charge in [0.25, 0.3) is 0 Å². The molecule has 4 aromatic rings. The topological polar surface area (TPSA) is 33.1 Å². The van der Waals surface area contributed by atoms with Gasteiger partial charge in [-0.3, -0.25) is 4.98 Å². The predicted octanol–water partition coefficient (Wildman–Crippen LogP) is 6.57. The molecule has 0 saturated carbocycles. The Morgan fingerprint density at radius 3 is 2.42 bits per heavy atom. The zero-order valence-corrected chi connectivity index (χ0v) is 20.6. The van der Waals surface area contributed by atoms with E-state index >= 15 is 0 Å². The van der Waals surface area contributed by atoms with Crippen molar-refractivity contribution in [2.24, 2.45) is 0 Å². The minimum absolute atomic E-state index is 0.225. The quantitative estimate of drug-likeness (QED) is 0.308. The average Bonchev–Trinajstić information content (AvgIpc) is 3.31. The molecule has 0 spiro atoms. The van der Waals surface area contributed by atoms with Crippen LogP contribution in [0, 0.1) is 19.7 Å². The fourth-order valence-corrected chi connectivity index (χ4v) is 5.26. The number of hydrogen-bond donors (Lipinski definition) is 1. The molecule has 1 N–H and O–H groups in total. The zero-order chi connectivity index (χ0) is 23.1. The van der Waals surface area contributed by atoms with Gasteiger partial charge in [0, 0.05) is 27.7 Å². The number of aryl methyl sites for hydroxylation is 1. The fraction of sp³-hybridized carbons (Fsp3) is 0.154. The highest BCUT2D eigenvalue weighted by Gasteiger charge is 2.43. The third kappa shape index (κ3) is 3.85. The van der Waals surface area contributed by atoms with Crippen LogP contribution in [0.15, 0.2) is 83.5 Å². The predicted molar refractivity (Wildman–Crippen MR) is 137 cm³/mol. The van der Waals surface area contributed by atoms with Gasteiger partial charge in [-0.25, -0.2) is 4.39 Å². The first-order valence-electron chi connectivity index (χ1n) is 10.7. The van der Waals surface area contributed by atoms with Crippen LogP contribution in [0.1, 0.15) is 34.7 Å². The van der Waals surface area contributed by atoms with Crippen molar-refractivity contribution >= 4 is 38.9 Å². The van der Waals surface area contributed by atoms with Crippen LogP contribution in [-0.4, -0.2) is 14.7 Å². The molecule has 4 nitrogen and oxygen atoms in total. The number of thiocarbonyl (C=S) groups is 1. The second-order valence-corrected chi connectivity index (χ2v) is 9.39. The van der Waals surface area contributed by atoms with Gasteiger partial charge < -0.3 is 14.8 Å². The summed E-state index contributed by atoms with van der Waals surface area (Å²) in [6.07, 6.45) is 1.77. The van der Waals surface area contributed by atoms with Crippen molar-refractivity contribution in [2.45, 2.75) is 25.9 Å². The number of para-hydroxylation sites is 1. The van der Waals surface area contributed by atoms with Crippen molar-refractivity contribution in [2.75, 3.05) is 4.90 Å². The highest BCUT2D eigenvalue weighted by Crippen LogP contribution is 2.44. The molecule has 166 valence electrons. The van der Waals surface area contributed by atoms with Crippen LogP contribution < -0.4 is 10.2 Å². The van der Waals surface area contributed by atoms with Gasteiger partial charge in [-0.05, 0) is 86.2 Å². The van der Waals surface area contributed by atoms with Gasteiger partial charge in [-0.2, -0.15) is 0 Å². The number of hydrogen-bond acceptors (Lipinski definition) is 2. The van der Waals surface area contributed by atoms with E-state index in [1.165, 1.54) is 6.07 Å². The number of aromatic nitrogens is 2. The lowest BCUT2D eigenvalue weighted by atomic mass is 9.96. The number of halogens is 2. The molecule has 2 atom stereocenters. The summed E-state index contributed by atoms with van der Waals surface area (Å²) in [7, 11) is 0. The first-order valence-corrected chi connectivity index (χ1v) is 11.9. The van der Waals surface area contributed by atoms with E-state index in [1.807, 2.05) is 41.3 Å². The summed E-state index contributed by atoms with van der Waals surface area (Å²) >= 11 is 9.25. The smallest absolute Gasteiger partial charge is 0.174 e. The molecule has 1 aliphatic rings. The van der Waals surface area contributed by atoms with Crippen LogP contribution >= 0.6 is 28.1 Å². The lowest BCUT2D eigenvalue weighted by Gasteiger charge is -2.28. The maximum Gasteiger partial charge on any atom is 0.174 e. The van der Waals surface area contributed by atoms with Crippen molar-refractivity contribution in [3.8, 4) is 5.69 Å². The van der Waals surface area contributed by atoms with Gasteiger partial charge in [-0.1, -0.05) is 34.1 Å². The van der Waals surface area contributed by atoms with Crippen molar-refractivity contribution in [1.82, 2.24) is 14.9 Å². The highest BCUT2D eigenvalue weighted by atomic mass is 79.9. The number of rotatable bonds is 4. The van der Waals surface area contributed by atoms with E-state index in [9.17, 15) is 4.39 Å². The molecular formula is C26H22BrFN4S. The van der Waals surface area contributed by atoms with Crippen LogP contribution in [0.5, 0.6) is 0 Å². The summed E-state index contributed by atoms with van der Waals surface area (Å²) in [5.41, 5.74) is 5.62. The number of nitrogens with zero attached hydrogens (tertiary/aromatic N) is 3. The molecule has 0 aliphatic carbocycles. The summed E-state index contributed by atoms with van der Waals surface area (Å²) < 4.78 is 18.2. The van der Waals surface area contributed by atoms with Crippen LogP contribution in [0.3, 0.4) is 0 Å². The first kappa shape index (κ1) is 21.8. The SMILES string of the molecule is Cc1cc(C2C(c3ccccn3)NC(=S)N2c2ccccc2F)c(C)n1-c1ccc(Br)cc1. The Balaban J connectivity index is 1.69. The first-order chi connectivity index (χ1) is 16.0. The summed E-state index contributed by atoms with van der Waals surface area (Å²) in [5, 5.41) is 3.89. The van der Waals surface area contributed by atoms with Gasteiger partial charge in [0.05, 0.1) is 23.5 Å². The van der Waals surface area contributed by atoms with E-state index in [2.05, 4.69) is 62.8 Å². The molecule has 33 heavy (non-hydrogen) atoms. The van der Waals surface area contributed by atoms with Crippen LogP contribution in [-0.2, 0) is 0 Å². The van der Waals surface area contributed by atoms with Gasteiger partial charge in [-0.15, -0.1) is 0 Å². The average molecular weight is 521 g/mol. The molecule has 5 rings (SSSR count). The summed E-state index contributed by atoms with van der Waals surface area (Å²) in [5.74, 6) is -0.310. The molecule has 1 aliphatic heterocycles. The molecule has 7 heteroatoms. The Kier molecular flexibility index (Phi) is 5.76. The Bertz CT molecular complexity index is 1320. The Hall–Kier alpha value is -3.03. The third-order valence-corrected chi connectivity index (χ3v) is 6.93. The van der Waals surface area contributed by atoms with Gasteiger partial charge in [0.2, 0.25) is 0 Å². The minimum Gasteiger partial charge on any atom is -0.351 e. The van der Waals surface area contributed by atoms with Gasteiger partial charge >= 0.3 is 0 Å². The minimum atomic E-state index is -0.310. The second kappa shape index (κ2) is 8.72. The number of benzene rings is 2.